The Morgan fingerprint density at radius 2 is 1.50 bits per heavy atom. The summed E-state index contributed by atoms with van der Waals surface area (Å²) in [5.74, 6) is 0.951. The van der Waals surface area contributed by atoms with Gasteiger partial charge in [0, 0.05) is 27.4 Å². The van der Waals surface area contributed by atoms with Crippen molar-refractivity contribution in [2.45, 2.75) is 40.8 Å². The van der Waals surface area contributed by atoms with Crippen molar-refractivity contribution in [3.05, 3.63) is 83.6 Å². The summed E-state index contributed by atoms with van der Waals surface area (Å²) in [7, 11) is 0. The van der Waals surface area contributed by atoms with E-state index in [2.05, 4.69) is 88.0 Å². The third kappa shape index (κ3) is 2.88. The van der Waals surface area contributed by atoms with Gasteiger partial charge in [-0.2, -0.15) is 0 Å². The Kier molecular flexibility index (Phi) is 4.18. The maximum absolute atomic E-state index is 6.61. The standard InChI is InChI=1S/C27H27NO2/c1-17-15-24-21(20-13-9-10-14-23(20)29-24)16-22(17)28-18(2)25(19-11-7-6-8-12-19)30-26(28)27(3,4)5/h6-16,26H,1-5H3. The van der Waals surface area contributed by atoms with Gasteiger partial charge in [-0.3, -0.25) is 0 Å². The third-order valence-corrected chi connectivity index (χ3v) is 5.89. The van der Waals surface area contributed by atoms with E-state index in [0.29, 0.717) is 0 Å². The highest BCUT2D eigenvalue weighted by Gasteiger charge is 2.41. The molecule has 2 heterocycles. The zero-order chi connectivity index (χ0) is 21.0. The van der Waals surface area contributed by atoms with Crippen LogP contribution in [0.25, 0.3) is 27.7 Å². The predicted octanol–water partition coefficient (Wildman–Crippen LogP) is 7.49. The number of ether oxygens (including phenoxy) is 1. The highest BCUT2D eigenvalue weighted by molar-refractivity contribution is 6.06. The van der Waals surface area contributed by atoms with Gasteiger partial charge in [0.05, 0.1) is 5.70 Å². The number of nitrogens with zero attached hydrogens (tertiary/aromatic N) is 1. The second-order valence-corrected chi connectivity index (χ2v) is 9.22. The topological polar surface area (TPSA) is 25.6 Å². The van der Waals surface area contributed by atoms with Crippen molar-refractivity contribution in [2.24, 2.45) is 5.41 Å². The average molecular weight is 398 g/mol. The minimum absolute atomic E-state index is 0.0718. The molecule has 0 N–H and O–H groups in total. The Bertz CT molecular complexity index is 1270. The number of allylic oxidation sites excluding steroid dienone is 1. The molecular weight excluding hydrogens is 370 g/mol. The Morgan fingerprint density at radius 3 is 2.23 bits per heavy atom. The van der Waals surface area contributed by atoms with Crippen LogP contribution in [0.15, 0.2) is 76.8 Å². The molecule has 5 rings (SSSR count). The number of aryl methyl sites for hydroxylation is 1. The van der Waals surface area contributed by atoms with Crippen LogP contribution in [0.5, 0.6) is 0 Å². The first-order valence-electron chi connectivity index (χ1n) is 10.5. The highest BCUT2D eigenvalue weighted by Crippen LogP contribution is 2.45. The summed E-state index contributed by atoms with van der Waals surface area (Å²) in [5.41, 5.74) is 6.36. The smallest absolute Gasteiger partial charge is 0.181 e. The van der Waals surface area contributed by atoms with Crippen LogP contribution in [0.3, 0.4) is 0 Å². The van der Waals surface area contributed by atoms with Crippen molar-refractivity contribution in [1.29, 1.82) is 0 Å². The van der Waals surface area contributed by atoms with E-state index < -0.39 is 0 Å². The maximum atomic E-state index is 6.61. The molecule has 0 spiro atoms. The van der Waals surface area contributed by atoms with Crippen LogP contribution in [0.1, 0.15) is 38.8 Å². The molecule has 1 atom stereocenters. The number of fused-ring (bicyclic) bond motifs is 3. The van der Waals surface area contributed by atoms with E-state index in [1.807, 2.05) is 18.2 Å². The highest BCUT2D eigenvalue weighted by atomic mass is 16.5. The Hall–Kier alpha value is -3.20. The second-order valence-electron chi connectivity index (χ2n) is 9.22. The van der Waals surface area contributed by atoms with Gasteiger partial charge in [0.25, 0.3) is 0 Å². The number of hydrogen-bond acceptors (Lipinski definition) is 3. The maximum Gasteiger partial charge on any atom is 0.181 e. The lowest BCUT2D eigenvalue weighted by Gasteiger charge is -2.36. The molecule has 0 aliphatic carbocycles. The summed E-state index contributed by atoms with van der Waals surface area (Å²) in [5, 5.41) is 2.28. The van der Waals surface area contributed by atoms with Crippen LogP contribution in [0.4, 0.5) is 5.69 Å². The molecule has 1 aliphatic rings. The van der Waals surface area contributed by atoms with Gasteiger partial charge in [-0.25, -0.2) is 0 Å². The van der Waals surface area contributed by atoms with Crippen molar-refractivity contribution < 1.29 is 9.15 Å². The molecule has 30 heavy (non-hydrogen) atoms. The lowest BCUT2D eigenvalue weighted by Crippen LogP contribution is -2.41. The van der Waals surface area contributed by atoms with Crippen LogP contribution in [-0.2, 0) is 4.74 Å². The average Bonchev–Trinajstić information content (AvgIpc) is 3.25. The molecule has 0 bridgehead atoms. The van der Waals surface area contributed by atoms with Crippen molar-refractivity contribution in [1.82, 2.24) is 0 Å². The van der Waals surface area contributed by atoms with Crippen LogP contribution < -0.4 is 4.90 Å². The van der Waals surface area contributed by atoms with Gasteiger partial charge in [0.1, 0.15) is 16.9 Å². The number of rotatable bonds is 2. The number of hydrogen-bond donors (Lipinski definition) is 0. The molecule has 0 saturated carbocycles. The first kappa shape index (κ1) is 18.8. The molecule has 3 nitrogen and oxygen atoms in total. The fourth-order valence-corrected chi connectivity index (χ4v) is 4.39. The molecule has 3 heteroatoms. The zero-order valence-corrected chi connectivity index (χ0v) is 18.2. The first-order valence-corrected chi connectivity index (χ1v) is 10.5. The van der Waals surface area contributed by atoms with E-state index in [9.17, 15) is 0 Å². The number of para-hydroxylation sites is 1. The molecule has 152 valence electrons. The van der Waals surface area contributed by atoms with Gasteiger partial charge >= 0.3 is 0 Å². The number of benzene rings is 3. The summed E-state index contributed by atoms with van der Waals surface area (Å²) >= 11 is 0. The summed E-state index contributed by atoms with van der Waals surface area (Å²) in [6.07, 6.45) is -0.0954. The quantitative estimate of drug-likeness (QED) is 0.350. The van der Waals surface area contributed by atoms with Gasteiger partial charge in [-0.1, -0.05) is 69.3 Å². The van der Waals surface area contributed by atoms with E-state index >= 15 is 0 Å². The van der Waals surface area contributed by atoms with Crippen LogP contribution in [0.2, 0.25) is 0 Å². The molecule has 0 saturated heterocycles. The molecule has 1 aliphatic heterocycles. The van der Waals surface area contributed by atoms with E-state index in [4.69, 9.17) is 9.15 Å². The summed E-state index contributed by atoms with van der Waals surface area (Å²) in [6.45, 7) is 11.0. The molecule has 0 amide bonds. The van der Waals surface area contributed by atoms with E-state index in [-0.39, 0.29) is 11.6 Å². The van der Waals surface area contributed by atoms with Crippen molar-refractivity contribution in [2.75, 3.05) is 4.90 Å². The summed E-state index contributed by atoms with van der Waals surface area (Å²) < 4.78 is 12.7. The van der Waals surface area contributed by atoms with Gasteiger partial charge in [0.2, 0.25) is 0 Å². The minimum Gasteiger partial charge on any atom is -0.467 e. The van der Waals surface area contributed by atoms with Gasteiger partial charge in [-0.15, -0.1) is 0 Å². The lowest BCUT2D eigenvalue weighted by molar-refractivity contribution is 0.0807. The van der Waals surface area contributed by atoms with E-state index in [1.165, 1.54) is 5.56 Å². The normalized spacial score (nSPS) is 17.2. The second kappa shape index (κ2) is 6.66. The fourth-order valence-electron chi connectivity index (χ4n) is 4.39. The molecule has 1 aromatic heterocycles. The fraction of sp³-hybridized carbons (Fsp3) is 0.259. The molecule has 0 radical (unpaired) electrons. The van der Waals surface area contributed by atoms with Crippen molar-refractivity contribution >= 4 is 33.4 Å². The SMILES string of the molecule is CC1=C(c2ccccc2)OC(C(C)(C)C)N1c1cc2c(cc1C)oc1ccccc12. The van der Waals surface area contributed by atoms with Gasteiger partial charge in [-0.05, 0) is 37.6 Å². The largest absolute Gasteiger partial charge is 0.467 e. The van der Waals surface area contributed by atoms with Crippen molar-refractivity contribution in [3.8, 4) is 0 Å². The molecular formula is C27H27NO2. The van der Waals surface area contributed by atoms with Crippen molar-refractivity contribution in [3.63, 3.8) is 0 Å². The first-order chi connectivity index (χ1) is 14.3. The van der Waals surface area contributed by atoms with Crippen LogP contribution >= 0.6 is 0 Å². The summed E-state index contributed by atoms with van der Waals surface area (Å²) in [4.78, 5) is 2.36. The minimum atomic E-state index is -0.0954. The third-order valence-electron chi connectivity index (χ3n) is 5.89. The predicted molar refractivity (Wildman–Crippen MR) is 124 cm³/mol. The lowest BCUT2D eigenvalue weighted by atomic mass is 9.92. The van der Waals surface area contributed by atoms with E-state index in [1.54, 1.807) is 0 Å². The zero-order valence-electron chi connectivity index (χ0n) is 18.2. The number of furan rings is 1. The Morgan fingerprint density at radius 1 is 0.800 bits per heavy atom. The molecule has 4 aromatic rings. The van der Waals surface area contributed by atoms with E-state index in [0.717, 1.165) is 44.6 Å². The molecule has 0 fully saturated rings. The van der Waals surface area contributed by atoms with Crippen LogP contribution in [0, 0.1) is 12.3 Å². The Labute approximate surface area is 177 Å². The molecule has 1 unspecified atom stereocenters. The monoisotopic (exact) mass is 397 g/mol. The van der Waals surface area contributed by atoms with Gasteiger partial charge in [0.15, 0.2) is 6.23 Å². The summed E-state index contributed by atoms with van der Waals surface area (Å²) in [6, 6.07) is 23.0. The van der Waals surface area contributed by atoms with Gasteiger partial charge < -0.3 is 14.1 Å². The van der Waals surface area contributed by atoms with Crippen LogP contribution in [-0.4, -0.2) is 6.23 Å². The number of anilines is 1. The molecule has 3 aromatic carbocycles. The Balaban J connectivity index is 1.73.